The molecule has 0 fully saturated rings. The standard InChI is InChI=1S/C14H17BrN2S/c1-3-10-4-6-11(7-5-10)13(17-16)12-8-9(2)14(15)18-12/h4-8,13,17H,3,16H2,1-2H3. The largest absolute Gasteiger partial charge is 0.271 e. The summed E-state index contributed by atoms with van der Waals surface area (Å²) in [6.07, 6.45) is 1.06. The Morgan fingerprint density at radius 3 is 2.44 bits per heavy atom. The van der Waals surface area contributed by atoms with E-state index in [1.165, 1.54) is 25.4 Å². The van der Waals surface area contributed by atoms with Crippen molar-refractivity contribution < 1.29 is 0 Å². The summed E-state index contributed by atoms with van der Waals surface area (Å²) in [5.41, 5.74) is 6.70. The highest BCUT2D eigenvalue weighted by atomic mass is 79.9. The van der Waals surface area contributed by atoms with Crippen LogP contribution >= 0.6 is 27.3 Å². The van der Waals surface area contributed by atoms with Crippen molar-refractivity contribution in [3.63, 3.8) is 0 Å². The molecular weight excluding hydrogens is 308 g/mol. The third-order valence-corrected chi connectivity index (χ3v) is 5.25. The average Bonchev–Trinajstić information content (AvgIpc) is 2.71. The molecule has 4 heteroatoms. The van der Waals surface area contributed by atoms with E-state index in [0.717, 1.165) is 6.42 Å². The van der Waals surface area contributed by atoms with Gasteiger partial charge in [-0.1, -0.05) is 31.2 Å². The zero-order valence-electron chi connectivity index (χ0n) is 10.5. The number of nitrogens with two attached hydrogens (primary N) is 1. The predicted molar refractivity (Wildman–Crippen MR) is 81.7 cm³/mol. The second-order valence-electron chi connectivity index (χ2n) is 4.30. The summed E-state index contributed by atoms with van der Waals surface area (Å²) >= 11 is 5.28. The minimum Gasteiger partial charge on any atom is -0.271 e. The average molecular weight is 325 g/mol. The number of hydrazine groups is 1. The van der Waals surface area contributed by atoms with Crippen LogP contribution in [-0.2, 0) is 6.42 Å². The van der Waals surface area contributed by atoms with Gasteiger partial charge in [0.1, 0.15) is 0 Å². The number of hydrogen-bond donors (Lipinski definition) is 2. The van der Waals surface area contributed by atoms with Crippen molar-refractivity contribution in [2.24, 2.45) is 5.84 Å². The van der Waals surface area contributed by atoms with Crippen LogP contribution in [0.1, 0.15) is 34.5 Å². The number of nitrogens with one attached hydrogen (secondary N) is 1. The van der Waals surface area contributed by atoms with Crippen molar-refractivity contribution in [2.75, 3.05) is 0 Å². The summed E-state index contributed by atoms with van der Waals surface area (Å²) in [5.74, 6) is 5.71. The molecule has 1 unspecified atom stereocenters. The molecular formula is C14H17BrN2S. The van der Waals surface area contributed by atoms with Gasteiger partial charge in [-0.2, -0.15) is 0 Å². The van der Waals surface area contributed by atoms with Gasteiger partial charge in [0.2, 0.25) is 0 Å². The van der Waals surface area contributed by atoms with Crippen LogP contribution in [0.5, 0.6) is 0 Å². The first-order valence-corrected chi connectivity index (χ1v) is 7.57. The lowest BCUT2D eigenvalue weighted by molar-refractivity contribution is 0.646. The van der Waals surface area contributed by atoms with E-state index in [9.17, 15) is 0 Å². The van der Waals surface area contributed by atoms with Gasteiger partial charge in [0.05, 0.1) is 9.83 Å². The van der Waals surface area contributed by atoms with Crippen LogP contribution in [0.2, 0.25) is 0 Å². The molecule has 96 valence electrons. The molecule has 0 amide bonds. The molecule has 1 aromatic carbocycles. The fourth-order valence-corrected chi connectivity index (χ4v) is 3.57. The molecule has 0 radical (unpaired) electrons. The molecule has 0 aliphatic carbocycles. The molecule has 1 aromatic heterocycles. The van der Waals surface area contributed by atoms with E-state index in [1.807, 2.05) is 0 Å². The monoisotopic (exact) mass is 324 g/mol. The topological polar surface area (TPSA) is 38.0 Å². The van der Waals surface area contributed by atoms with Crippen molar-refractivity contribution in [3.05, 3.63) is 55.7 Å². The van der Waals surface area contributed by atoms with E-state index in [1.54, 1.807) is 11.3 Å². The van der Waals surface area contributed by atoms with E-state index in [-0.39, 0.29) is 6.04 Å². The van der Waals surface area contributed by atoms with Crippen LogP contribution in [-0.4, -0.2) is 0 Å². The Hall–Kier alpha value is -0.680. The minimum absolute atomic E-state index is 0.0610. The van der Waals surface area contributed by atoms with Crippen LogP contribution in [0, 0.1) is 6.92 Å². The van der Waals surface area contributed by atoms with E-state index >= 15 is 0 Å². The summed E-state index contributed by atoms with van der Waals surface area (Å²) in [6.45, 7) is 4.26. The molecule has 0 aliphatic rings. The van der Waals surface area contributed by atoms with Crippen LogP contribution in [0.3, 0.4) is 0 Å². The van der Waals surface area contributed by atoms with E-state index in [4.69, 9.17) is 5.84 Å². The first-order chi connectivity index (χ1) is 8.65. The summed E-state index contributed by atoms with van der Waals surface area (Å²) in [5, 5.41) is 0. The van der Waals surface area contributed by atoms with Crippen LogP contribution in [0.15, 0.2) is 34.1 Å². The quantitative estimate of drug-likeness (QED) is 0.660. The Bertz CT molecular complexity index is 500. The molecule has 2 nitrogen and oxygen atoms in total. The maximum atomic E-state index is 5.71. The molecule has 0 aliphatic heterocycles. The van der Waals surface area contributed by atoms with E-state index in [2.05, 4.69) is 65.5 Å². The van der Waals surface area contributed by atoms with E-state index in [0.29, 0.717) is 0 Å². The lowest BCUT2D eigenvalue weighted by Gasteiger charge is -2.15. The summed E-state index contributed by atoms with van der Waals surface area (Å²) in [4.78, 5) is 1.23. The fraction of sp³-hybridized carbons (Fsp3) is 0.286. The smallest absolute Gasteiger partial charge is 0.0803 e. The molecule has 0 saturated carbocycles. The van der Waals surface area contributed by atoms with Gasteiger partial charge in [-0.3, -0.25) is 5.84 Å². The van der Waals surface area contributed by atoms with Gasteiger partial charge in [0, 0.05) is 4.88 Å². The maximum absolute atomic E-state index is 5.71. The van der Waals surface area contributed by atoms with Crippen LogP contribution < -0.4 is 11.3 Å². The second-order valence-corrected chi connectivity index (χ2v) is 6.70. The lowest BCUT2D eigenvalue weighted by atomic mass is 10.0. The molecule has 0 bridgehead atoms. The Labute approximate surface area is 120 Å². The van der Waals surface area contributed by atoms with Gasteiger partial charge in [0.15, 0.2) is 0 Å². The zero-order chi connectivity index (χ0) is 13.1. The van der Waals surface area contributed by atoms with Crippen molar-refractivity contribution >= 4 is 27.3 Å². The molecule has 3 N–H and O–H groups in total. The summed E-state index contributed by atoms with van der Waals surface area (Å²) < 4.78 is 1.17. The molecule has 0 saturated heterocycles. The highest BCUT2D eigenvalue weighted by Crippen LogP contribution is 2.34. The Morgan fingerprint density at radius 2 is 2.00 bits per heavy atom. The van der Waals surface area contributed by atoms with Crippen molar-refractivity contribution in [2.45, 2.75) is 26.3 Å². The molecule has 1 atom stereocenters. The highest BCUT2D eigenvalue weighted by molar-refractivity contribution is 9.11. The zero-order valence-corrected chi connectivity index (χ0v) is 12.9. The minimum atomic E-state index is 0.0610. The van der Waals surface area contributed by atoms with Crippen LogP contribution in [0.4, 0.5) is 0 Å². The van der Waals surface area contributed by atoms with E-state index < -0.39 is 0 Å². The third-order valence-electron chi connectivity index (χ3n) is 3.05. The highest BCUT2D eigenvalue weighted by Gasteiger charge is 2.15. The Balaban J connectivity index is 2.32. The second kappa shape index (κ2) is 5.97. The van der Waals surface area contributed by atoms with Gasteiger partial charge < -0.3 is 0 Å². The number of thiophene rings is 1. The number of rotatable bonds is 4. The number of halogens is 1. The van der Waals surface area contributed by atoms with Crippen LogP contribution in [0.25, 0.3) is 0 Å². The first kappa shape index (κ1) is 13.7. The van der Waals surface area contributed by atoms with Crippen molar-refractivity contribution in [3.8, 4) is 0 Å². The van der Waals surface area contributed by atoms with Gasteiger partial charge in [-0.05, 0) is 52.0 Å². The lowest BCUT2D eigenvalue weighted by Crippen LogP contribution is -2.28. The molecule has 2 aromatic rings. The van der Waals surface area contributed by atoms with Gasteiger partial charge in [0.25, 0.3) is 0 Å². The summed E-state index contributed by atoms with van der Waals surface area (Å²) in [6, 6.07) is 10.8. The number of benzene rings is 1. The fourth-order valence-electron chi connectivity index (χ4n) is 1.91. The van der Waals surface area contributed by atoms with Crippen molar-refractivity contribution in [1.82, 2.24) is 5.43 Å². The third kappa shape index (κ3) is 2.83. The Morgan fingerprint density at radius 1 is 1.33 bits per heavy atom. The molecule has 1 heterocycles. The van der Waals surface area contributed by atoms with Crippen molar-refractivity contribution in [1.29, 1.82) is 0 Å². The van der Waals surface area contributed by atoms with Gasteiger partial charge >= 0.3 is 0 Å². The SMILES string of the molecule is CCc1ccc(C(NN)c2cc(C)c(Br)s2)cc1. The maximum Gasteiger partial charge on any atom is 0.0803 e. The van der Waals surface area contributed by atoms with Gasteiger partial charge in [-0.25, -0.2) is 5.43 Å². The first-order valence-electron chi connectivity index (χ1n) is 5.96. The Kier molecular flexibility index (Phi) is 4.56. The molecule has 2 rings (SSSR count). The van der Waals surface area contributed by atoms with Gasteiger partial charge in [-0.15, -0.1) is 11.3 Å². The molecule has 0 spiro atoms. The number of aryl methyl sites for hydroxylation is 2. The normalized spacial score (nSPS) is 12.7. The molecule has 18 heavy (non-hydrogen) atoms. The number of hydrogen-bond acceptors (Lipinski definition) is 3. The predicted octanol–water partition coefficient (Wildman–Crippen LogP) is 3.93. The summed E-state index contributed by atoms with van der Waals surface area (Å²) in [7, 11) is 0.